The summed E-state index contributed by atoms with van der Waals surface area (Å²) in [4.78, 5) is 12.6. The summed E-state index contributed by atoms with van der Waals surface area (Å²) >= 11 is 0. The summed E-state index contributed by atoms with van der Waals surface area (Å²) in [5.74, 6) is -0.286. The number of rotatable bonds is 8. The first-order valence-corrected chi connectivity index (χ1v) is 11.4. The van der Waals surface area contributed by atoms with Crippen molar-refractivity contribution in [3.8, 4) is 0 Å². The van der Waals surface area contributed by atoms with Crippen molar-refractivity contribution in [2.45, 2.75) is 44.1 Å². The zero-order valence-electron chi connectivity index (χ0n) is 16.9. The number of para-hydroxylation sites is 1. The first-order chi connectivity index (χ1) is 13.9. The van der Waals surface area contributed by atoms with Gasteiger partial charge in [-0.1, -0.05) is 24.3 Å². The smallest absolute Gasteiger partial charge is 0.264 e. The highest BCUT2D eigenvalue weighted by Crippen LogP contribution is 2.31. The molecule has 0 radical (unpaired) electrons. The van der Waals surface area contributed by atoms with Crippen LogP contribution in [-0.4, -0.2) is 40.1 Å². The van der Waals surface area contributed by atoms with Crippen molar-refractivity contribution in [1.82, 2.24) is 5.32 Å². The number of anilines is 1. The molecule has 1 N–H and O–H groups in total. The Morgan fingerprint density at radius 1 is 1.17 bits per heavy atom. The fourth-order valence-corrected chi connectivity index (χ4v) is 4.96. The van der Waals surface area contributed by atoms with Gasteiger partial charge in [-0.3, -0.25) is 9.10 Å². The molecular formula is C22H28N2O4S. The van der Waals surface area contributed by atoms with Gasteiger partial charge in [0, 0.05) is 25.3 Å². The number of benzene rings is 2. The van der Waals surface area contributed by atoms with Crippen molar-refractivity contribution in [3.63, 3.8) is 0 Å². The maximum absolute atomic E-state index is 13.3. The van der Waals surface area contributed by atoms with Gasteiger partial charge < -0.3 is 10.1 Å². The zero-order valence-corrected chi connectivity index (χ0v) is 17.7. The third kappa shape index (κ3) is 5.16. The number of sulfonamides is 1. The van der Waals surface area contributed by atoms with Crippen molar-refractivity contribution in [3.05, 3.63) is 59.7 Å². The standard InChI is InChI=1S/C22H28N2O4S/c1-17(2)28-15-7-13-23-22(25)19-9-5-11-20(16-19)29(26,27)24-14-6-10-18-8-3-4-12-21(18)24/h3-5,8-9,11-12,16-17H,6-7,10,13-15H2,1-2H3,(H,23,25). The molecule has 0 aromatic heterocycles. The Morgan fingerprint density at radius 3 is 2.76 bits per heavy atom. The largest absolute Gasteiger partial charge is 0.379 e. The molecule has 2 aromatic carbocycles. The summed E-state index contributed by atoms with van der Waals surface area (Å²) in [5, 5.41) is 2.82. The van der Waals surface area contributed by atoms with Gasteiger partial charge in [-0.15, -0.1) is 0 Å². The third-order valence-corrected chi connectivity index (χ3v) is 6.62. The van der Waals surface area contributed by atoms with E-state index in [9.17, 15) is 13.2 Å². The number of nitrogens with one attached hydrogen (secondary N) is 1. The molecule has 29 heavy (non-hydrogen) atoms. The van der Waals surface area contributed by atoms with E-state index in [0.29, 0.717) is 31.7 Å². The quantitative estimate of drug-likeness (QED) is 0.670. The molecule has 6 nitrogen and oxygen atoms in total. The molecule has 1 amide bonds. The molecule has 0 unspecified atom stereocenters. The van der Waals surface area contributed by atoms with E-state index in [2.05, 4.69) is 5.32 Å². The normalized spacial score (nSPS) is 14.0. The van der Waals surface area contributed by atoms with Gasteiger partial charge in [0.25, 0.3) is 15.9 Å². The fraction of sp³-hybridized carbons (Fsp3) is 0.409. The Kier molecular flexibility index (Phi) is 6.92. The highest BCUT2D eigenvalue weighted by atomic mass is 32.2. The SMILES string of the molecule is CC(C)OCCCNC(=O)c1cccc(S(=O)(=O)N2CCCc3ccccc32)c1. The Morgan fingerprint density at radius 2 is 1.97 bits per heavy atom. The van der Waals surface area contributed by atoms with Crippen molar-refractivity contribution in [2.75, 3.05) is 24.0 Å². The maximum atomic E-state index is 13.3. The van der Waals surface area contributed by atoms with Gasteiger partial charge in [-0.2, -0.15) is 0 Å². The molecular weight excluding hydrogens is 388 g/mol. The number of fused-ring (bicyclic) bond motifs is 1. The van der Waals surface area contributed by atoms with E-state index in [-0.39, 0.29) is 16.9 Å². The topological polar surface area (TPSA) is 75.7 Å². The van der Waals surface area contributed by atoms with Crippen LogP contribution < -0.4 is 9.62 Å². The van der Waals surface area contributed by atoms with E-state index in [1.54, 1.807) is 18.2 Å². The highest BCUT2D eigenvalue weighted by Gasteiger charge is 2.29. The number of hydrogen-bond donors (Lipinski definition) is 1. The van der Waals surface area contributed by atoms with Gasteiger partial charge in [0.05, 0.1) is 16.7 Å². The summed E-state index contributed by atoms with van der Waals surface area (Å²) in [6, 6.07) is 13.8. The second-order valence-electron chi connectivity index (χ2n) is 7.37. The van der Waals surface area contributed by atoms with Crippen LogP contribution in [0.15, 0.2) is 53.4 Å². The molecule has 1 aliphatic heterocycles. The van der Waals surface area contributed by atoms with Crippen LogP contribution in [-0.2, 0) is 21.2 Å². The van der Waals surface area contributed by atoms with Crippen molar-refractivity contribution in [2.24, 2.45) is 0 Å². The Balaban J connectivity index is 1.73. The summed E-state index contributed by atoms with van der Waals surface area (Å²) in [7, 11) is -3.74. The van der Waals surface area contributed by atoms with Crippen LogP contribution in [0.4, 0.5) is 5.69 Å². The van der Waals surface area contributed by atoms with Crippen LogP contribution in [0.5, 0.6) is 0 Å². The predicted octanol–water partition coefficient (Wildman–Crippen LogP) is 3.37. The molecule has 0 bridgehead atoms. The van der Waals surface area contributed by atoms with Gasteiger partial charge >= 0.3 is 0 Å². The van der Waals surface area contributed by atoms with Gasteiger partial charge in [0.1, 0.15) is 0 Å². The van der Waals surface area contributed by atoms with E-state index >= 15 is 0 Å². The van der Waals surface area contributed by atoms with Gasteiger partial charge in [0.15, 0.2) is 0 Å². The average molecular weight is 417 g/mol. The van der Waals surface area contributed by atoms with Crippen LogP contribution in [0.3, 0.4) is 0 Å². The maximum Gasteiger partial charge on any atom is 0.264 e. The molecule has 1 aliphatic rings. The second-order valence-corrected chi connectivity index (χ2v) is 9.23. The zero-order chi connectivity index (χ0) is 20.9. The molecule has 0 spiro atoms. The van der Waals surface area contributed by atoms with Crippen LogP contribution >= 0.6 is 0 Å². The minimum Gasteiger partial charge on any atom is -0.379 e. The van der Waals surface area contributed by atoms with Crippen LogP contribution in [0.2, 0.25) is 0 Å². The third-order valence-electron chi connectivity index (χ3n) is 4.81. The van der Waals surface area contributed by atoms with E-state index in [1.165, 1.54) is 10.4 Å². The van der Waals surface area contributed by atoms with Crippen molar-refractivity contribution in [1.29, 1.82) is 0 Å². The summed E-state index contributed by atoms with van der Waals surface area (Å²) in [6.07, 6.45) is 2.50. The van der Waals surface area contributed by atoms with E-state index in [1.807, 2.05) is 38.1 Å². The predicted molar refractivity (Wildman–Crippen MR) is 114 cm³/mol. The van der Waals surface area contributed by atoms with Crippen LogP contribution in [0, 0.1) is 0 Å². The lowest BCUT2D eigenvalue weighted by molar-refractivity contribution is 0.0757. The molecule has 1 heterocycles. The summed E-state index contributed by atoms with van der Waals surface area (Å²) in [5.41, 5.74) is 2.08. The number of carbonyl (C=O) groups excluding carboxylic acids is 1. The average Bonchev–Trinajstić information content (AvgIpc) is 2.72. The lowest BCUT2D eigenvalue weighted by Crippen LogP contribution is -2.35. The Bertz CT molecular complexity index is 957. The molecule has 3 rings (SSSR count). The lowest BCUT2D eigenvalue weighted by Gasteiger charge is -2.30. The molecule has 2 aromatic rings. The lowest BCUT2D eigenvalue weighted by atomic mass is 10.0. The number of amides is 1. The van der Waals surface area contributed by atoms with E-state index in [4.69, 9.17) is 4.74 Å². The monoisotopic (exact) mass is 416 g/mol. The van der Waals surface area contributed by atoms with E-state index in [0.717, 1.165) is 24.1 Å². The number of hydrogen-bond acceptors (Lipinski definition) is 4. The first kappa shape index (κ1) is 21.3. The molecule has 156 valence electrons. The second kappa shape index (κ2) is 9.41. The fourth-order valence-electron chi connectivity index (χ4n) is 3.37. The molecule has 0 aliphatic carbocycles. The summed E-state index contributed by atoms with van der Waals surface area (Å²) in [6.45, 7) is 5.41. The number of carbonyl (C=O) groups is 1. The van der Waals surface area contributed by atoms with Gasteiger partial charge in [0.2, 0.25) is 0 Å². The number of ether oxygens (including phenoxy) is 1. The van der Waals surface area contributed by atoms with Crippen molar-refractivity contribution >= 4 is 21.6 Å². The molecule has 0 saturated heterocycles. The molecule has 0 atom stereocenters. The Hall–Kier alpha value is -2.38. The van der Waals surface area contributed by atoms with Crippen molar-refractivity contribution < 1.29 is 17.9 Å². The van der Waals surface area contributed by atoms with Gasteiger partial charge in [-0.25, -0.2) is 8.42 Å². The molecule has 0 saturated carbocycles. The first-order valence-electron chi connectivity index (χ1n) is 10.00. The minimum absolute atomic E-state index is 0.130. The number of aryl methyl sites for hydroxylation is 1. The number of nitrogens with zero attached hydrogens (tertiary/aromatic N) is 1. The van der Waals surface area contributed by atoms with Crippen LogP contribution in [0.25, 0.3) is 0 Å². The highest BCUT2D eigenvalue weighted by molar-refractivity contribution is 7.92. The van der Waals surface area contributed by atoms with Crippen LogP contribution in [0.1, 0.15) is 42.6 Å². The molecule has 0 fully saturated rings. The molecule has 7 heteroatoms. The summed E-state index contributed by atoms with van der Waals surface area (Å²) < 4.78 is 33.4. The van der Waals surface area contributed by atoms with Gasteiger partial charge in [-0.05, 0) is 62.9 Å². The Labute approximate surface area is 172 Å². The minimum atomic E-state index is -3.74. The van der Waals surface area contributed by atoms with E-state index < -0.39 is 10.0 Å².